The molecular weight excluding hydrogens is 342 g/mol. The van der Waals surface area contributed by atoms with E-state index in [4.69, 9.17) is 9.47 Å². The van der Waals surface area contributed by atoms with Crippen LogP contribution in [0.5, 0.6) is 5.75 Å². The van der Waals surface area contributed by atoms with Gasteiger partial charge in [0.2, 0.25) is 10.0 Å². The van der Waals surface area contributed by atoms with Gasteiger partial charge in [-0.15, -0.1) is 0 Å². The van der Waals surface area contributed by atoms with Gasteiger partial charge in [-0.05, 0) is 18.2 Å². The standard InChI is InChI=1S/C18H19NO5S/c1-23-16-8-7-15(18(20)14-5-3-2-4-6-14)13-17(16)25(21,22)19-9-11-24-12-10-19/h2-8,13H,9-12H2,1H3. The van der Waals surface area contributed by atoms with Crippen LogP contribution in [-0.2, 0) is 14.8 Å². The van der Waals surface area contributed by atoms with Gasteiger partial charge in [0.15, 0.2) is 5.78 Å². The number of carbonyl (C=O) groups excluding carboxylic acids is 1. The number of hydrogen-bond acceptors (Lipinski definition) is 5. The predicted molar refractivity (Wildman–Crippen MR) is 92.4 cm³/mol. The molecule has 0 N–H and O–H groups in total. The van der Waals surface area contributed by atoms with E-state index in [9.17, 15) is 13.2 Å². The lowest BCUT2D eigenvalue weighted by molar-refractivity contribution is 0.0729. The van der Waals surface area contributed by atoms with E-state index in [2.05, 4.69) is 0 Å². The summed E-state index contributed by atoms with van der Waals surface area (Å²) in [6.07, 6.45) is 0. The number of benzene rings is 2. The summed E-state index contributed by atoms with van der Waals surface area (Å²) in [4.78, 5) is 12.6. The van der Waals surface area contributed by atoms with Crippen molar-refractivity contribution in [2.45, 2.75) is 4.90 Å². The Morgan fingerprint density at radius 2 is 1.72 bits per heavy atom. The first-order valence-corrected chi connectivity index (χ1v) is 9.34. The van der Waals surface area contributed by atoms with Gasteiger partial charge in [0.25, 0.3) is 0 Å². The fourth-order valence-corrected chi connectivity index (χ4v) is 4.29. The minimum Gasteiger partial charge on any atom is -0.495 e. The number of hydrogen-bond donors (Lipinski definition) is 0. The van der Waals surface area contributed by atoms with E-state index in [0.717, 1.165) is 0 Å². The molecule has 3 rings (SSSR count). The fourth-order valence-electron chi connectivity index (χ4n) is 2.70. The van der Waals surface area contributed by atoms with Gasteiger partial charge >= 0.3 is 0 Å². The topological polar surface area (TPSA) is 72.9 Å². The highest BCUT2D eigenvalue weighted by Crippen LogP contribution is 2.29. The van der Waals surface area contributed by atoms with Crippen LogP contribution in [0, 0.1) is 0 Å². The first-order chi connectivity index (χ1) is 12.0. The highest BCUT2D eigenvalue weighted by molar-refractivity contribution is 7.89. The van der Waals surface area contributed by atoms with Crippen LogP contribution in [-0.4, -0.2) is 51.9 Å². The van der Waals surface area contributed by atoms with Crippen molar-refractivity contribution in [1.29, 1.82) is 0 Å². The van der Waals surface area contributed by atoms with E-state index in [0.29, 0.717) is 24.3 Å². The van der Waals surface area contributed by atoms with Crippen molar-refractivity contribution in [2.75, 3.05) is 33.4 Å². The summed E-state index contributed by atoms with van der Waals surface area (Å²) in [6, 6.07) is 13.2. The zero-order valence-electron chi connectivity index (χ0n) is 13.8. The van der Waals surface area contributed by atoms with Crippen molar-refractivity contribution in [1.82, 2.24) is 4.31 Å². The van der Waals surface area contributed by atoms with Gasteiger partial charge in [-0.3, -0.25) is 4.79 Å². The number of nitrogens with zero attached hydrogens (tertiary/aromatic N) is 1. The Labute approximate surface area is 147 Å². The number of morpholine rings is 1. The number of sulfonamides is 1. The predicted octanol–water partition coefficient (Wildman–Crippen LogP) is 1.95. The minimum absolute atomic E-state index is 0.00122. The van der Waals surface area contributed by atoms with Crippen molar-refractivity contribution in [3.8, 4) is 5.75 Å². The molecule has 1 fully saturated rings. The summed E-state index contributed by atoms with van der Waals surface area (Å²) in [5.41, 5.74) is 0.807. The lowest BCUT2D eigenvalue weighted by Gasteiger charge is -2.26. The summed E-state index contributed by atoms with van der Waals surface area (Å²) in [6.45, 7) is 1.26. The van der Waals surface area contributed by atoms with Crippen LogP contribution in [0.2, 0.25) is 0 Å². The molecule has 0 spiro atoms. The molecule has 1 heterocycles. The molecule has 0 radical (unpaired) electrons. The molecule has 6 nitrogen and oxygen atoms in total. The molecule has 0 aliphatic carbocycles. The molecule has 25 heavy (non-hydrogen) atoms. The van der Waals surface area contributed by atoms with E-state index < -0.39 is 10.0 Å². The average molecular weight is 361 g/mol. The van der Waals surface area contributed by atoms with Gasteiger partial charge in [-0.2, -0.15) is 4.31 Å². The largest absolute Gasteiger partial charge is 0.495 e. The zero-order valence-corrected chi connectivity index (χ0v) is 14.7. The summed E-state index contributed by atoms with van der Waals surface area (Å²) in [7, 11) is -2.36. The first kappa shape index (κ1) is 17.6. The second-order valence-electron chi connectivity index (χ2n) is 5.58. The molecule has 0 bridgehead atoms. The van der Waals surface area contributed by atoms with Gasteiger partial charge in [0.1, 0.15) is 10.6 Å². The summed E-state index contributed by atoms with van der Waals surface area (Å²) in [5.74, 6) is -0.0159. The molecule has 132 valence electrons. The summed E-state index contributed by atoms with van der Waals surface area (Å²) >= 11 is 0. The molecule has 1 aliphatic rings. The van der Waals surface area contributed by atoms with E-state index in [1.54, 1.807) is 30.3 Å². The monoisotopic (exact) mass is 361 g/mol. The van der Waals surface area contributed by atoms with Crippen molar-refractivity contribution in [2.24, 2.45) is 0 Å². The van der Waals surface area contributed by atoms with Crippen molar-refractivity contribution in [3.63, 3.8) is 0 Å². The first-order valence-electron chi connectivity index (χ1n) is 7.90. The molecule has 0 amide bonds. The summed E-state index contributed by atoms with van der Waals surface area (Å²) < 4.78 is 37.7. The van der Waals surface area contributed by atoms with Crippen LogP contribution >= 0.6 is 0 Å². The number of methoxy groups -OCH3 is 1. The lowest BCUT2D eigenvalue weighted by Crippen LogP contribution is -2.40. The SMILES string of the molecule is COc1ccc(C(=O)c2ccccc2)cc1S(=O)(=O)N1CCOCC1. The van der Waals surface area contributed by atoms with Crippen LogP contribution in [0.25, 0.3) is 0 Å². The molecule has 7 heteroatoms. The molecule has 0 saturated carbocycles. The normalized spacial score (nSPS) is 15.7. The average Bonchev–Trinajstić information content (AvgIpc) is 2.68. The van der Waals surface area contributed by atoms with Crippen molar-refractivity contribution in [3.05, 3.63) is 59.7 Å². The van der Waals surface area contributed by atoms with Gasteiger partial charge < -0.3 is 9.47 Å². The Kier molecular flexibility index (Phi) is 5.17. The Morgan fingerprint density at radius 1 is 1.04 bits per heavy atom. The van der Waals surface area contributed by atoms with Crippen LogP contribution in [0.4, 0.5) is 0 Å². The third kappa shape index (κ3) is 3.58. The maximum atomic E-state index is 13.0. The molecule has 0 aromatic heterocycles. The number of rotatable bonds is 5. The number of ether oxygens (including phenoxy) is 2. The maximum Gasteiger partial charge on any atom is 0.246 e. The Balaban J connectivity index is 2.02. The molecular formula is C18H19NO5S. The second-order valence-corrected chi connectivity index (χ2v) is 7.48. The van der Waals surface area contributed by atoms with E-state index in [1.807, 2.05) is 6.07 Å². The maximum absolute atomic E-state index is 13.0. The van der Waals surface area contributed by atoms with Gasteiger partial charge in [-0.1, -0.05) is 30.3 Å². The van der Waals surface area contributed by atoms with E-state index in [1.165, 1.54) is 23.5 Å². The van der Waals surface area contributed by atoms with Crippen LogP contribution in [0.1, 0.15) is 15.9 Å². The fraction of sp³-hybridized carbons (Fsp3) is 0.278. The van der Waals surface area contributed by atoms with Crippen LogP contribution in [0.15, 0.2) is 53.4 Å². The van der Waals surface area contributed by atoms with Gasteiger partial charge in [0.05, 0.1) is 20.3 Å². The number of ketones is 1. The Bertz CT molecular complexity index is 858. The minimum atomic E-state index is -3.77. The smallest absolute Gasteiger partial charge is 0.246 e. The molecule has 2 aromatic rings. The third-order valence-electron chi connectivity index (χ3n) is 4.05. The summed E-state index contributed by atoms with van der Waals surface area (Å²) in [5, 5.41) is 0. The van der Waals surface area contributed by atoms with Gasteiger partial charge in [0, 0.05) is 24.2 Å². The third-order valence-corrected chi connectivity index (χ3v) is 5.97. The number of carbonyl (C=O) groups is 1. The van der Waals surface area contributed by atoms with Crippen molar-refractivity contribution >= 4 is 15.8 Å². The Morgan fingerprint density at radius 3 is 2.36 bits per heavy atom. The quantitative estimate of drug-likeness (QED) is 0.761. The second kappa shape index (κ2) is 7.35. The van der Waals surface area contributed by atoms with Crippen LogP contribution in [0.3, 0.4) is 0 Å². The van der Waals surface area contributed by atoms with Crippen LogP contribution < -0.4 is 4.74 Å². The molecule has 2 aromatic carbocycles. The highest BCUT2D eigenvalue weighted by Gasteiger charge is 2.30. The molecule has 0 atom stereocenters. The Hall–Kier alpha value is -2.22. The van der Waals surface area contributed by atoms with E-state index >= 15 is 0 Å². The molecule has 0 unspecified atom stereocenters. The lowest BCUT2D eigenvalue weighted by atomic mass is 10.0. The zero-order chi connectivity index (χ0) is 17.9. The highest BCUT2D eigenvalue weighted by atomic mass is 32.2. The van der Waals surface area contributed by atoms with Crippen molar-refractivity contribution < 1.29 is 22.7 Å². The van der Waals surface area contributed by atoms with Gasteiger partial charge in [-0.25, -0.2) is 8.42 Å². The molecule has 1 aliphatic heterocycles. The molecule has 1 saturated heterocycles. The van der Waals surface area contributed by atoms with E-state index in [-0.39, 0.29) is 29.5 Å².